The van der Waals surface area contributed by atoms with Crippen molar-refractivity contribution in [2.45, 2.75) is 13.0 Å². The number of halogens is 1. The number of nitrogens with two attached hydrogens (primary N) is 1. The maximum atomic E-state index is 8.87. The Labute approximate surface area is 124 Å². The van der Waals surface area contributed by atoms with Crippen LogP contribution in [0.4, 0.5) is 11.4 Å². The van der Waals surface area contributed by atoms with Gasteiger partial charge in [0.15, 0.2) is 0 Å². The molecule has 0 fully saturated rings. The van der Waals surface area contributed by atoms with Gasteiger partial charge in [-0.2, -0.15) is 5.26 Å². The lowest BCUT2D eigenvalue weighted by molar-refractivity contribution is 0.741. The Bertz CT molecular complexity index is 644. The summed E-state index contributed by atoms with van der Waals surface area (Å²) < 4.78 is 0. The molecule has 0 aliphatic rings. The van der Waals surface area contributed by atoms with Crippen molar-refractivity contribution < 1.29 is 0 Å². The van der Waals surface area contributed by atoms with E-state index in [0.717, 1.165) is 16.3 Å². The van der Waals surface area contributed by atoms with Gasteiger partial charge in [0.25, 0.3) is 0 Å². The summed E-state index contributed by atoms with van der Waals surface area (Å²) in [4.78, 5) is 2.08. The van der Waals surface area contributed by atoms with Gasteiger partial charge in [-0.05, 0) is 42.8 Å². The number of nitrogen functional groups attached to an aromatic ring is 1. The van der Waals surface area contributed by atoms with E-state index >= 15 is 0 Å². The number of nitrogens with zero attached hydrogens (tertiary/aromatic N) is 2. The molecule has 2 rings (SSSR count). The minimum Gasteiger partial charge on any atom is -0.397 e. The highest BCUT2D eigenvalue weighted by Gasteiger charge is 2.14. The third-order valence-corrected chi connectivity index (χ3v) is 3.72. The Balaban J connectivity index is 2.29. The Morgan fingerprint density at radius 2 is 1.85 bits per heavy atom. The number of anilines is 2. The summed E-state index contributed by atoms with van der Waals surface area (Å²) in [6.07, 6.45) is 0. The van der Waals surface area contributed by atoms with Crippen LogP contribution < -0.4 is 10.6 Å². The van der Waals surface area contributed by atoms with Gasteiger partial charge >= 0.3 is 0 Å². The van der Waals surface area contributed by atoms with E-state index in [9.17, 15) is 0 Å². The third-order valence-electron chi connectivity index (χ3n) is 3.47. The predicted octanol–water partition coefficient (Wildman–Crippen LogP) is 3.99. The van der Waals surface area contributed by atoms with E-state index in [2.05, 4.69) is 17.9 Å². The molecule has 0 radical (unpaired) electrons. The van der Waals surface area contributed by atoms with Crippen LogP contribution in [0.15, 0.2) is 42.5 Å². The average Bonchev–Trinajstić information content (AvgIpc) is 2.46. The number of benzene rings is 2. The zero-order valence-electron chi connectivity index (χ0n) is 11.5. The molecule has 1 unspecified atom stereocenters. The van der Waals surface area contributed by atoms with Gasteiger partial charge in [-0.15, -0.1) is 0 Å². The highest BCUT2D eigenvalue weighted by Crippen LogP contribution is 2.30. The fourth-order valence-electron chi connectivity index (χ4n) is 2.12. The molecular formula is C16H16ClN3. The molecule has 2 N–H and O–H groups in total. The topological polar surface area (TPSA) is 53.0 Å². The molecule has 20 heavy (non-hydrogen) atoms. The van der Waals surface area contributed by atoms with E-state index in [4.69, 9.17) is 22.6 Å². The maximum Gasteiger partial charge on any atom is 0.0992 e. The largest absolute Gasteiger partial charge is 0.397 e. The maximum absolute atomic E-state index is 8.87. The van der Waals surface area contributed by atoms with Crippen LogP contribution in [0.3, 0.4) is 0 Å². The minimum absolute atomic E-state index is 0.155. The first-order chi connectivity index (χ1) is 9.52. The summed E-state index contributed by atoms with van der Waals surface area (Å²) in [5, 5.41) is 9.60. The van der Waals surface area contributed by atoms with E-state index in [1.54, 1.807) is 12.1 Å². The van der Waals surface area contributed by atoms with Crippen LogP contribution in [0, 0.1) is 11.3 Å². The van der Waals surface area contributed by atoms with Crippen LogP contribution in [-0.2, 0) is 0 Å². The van der Waals surface area contributed by atoms with Gasteiger partial charge in [0.05, 0.1) is 29.0 Å². The van der Waals surface area contributed by atoms with E-state index in [1.807, 2.05) is 37.4 Å². The van der Waals surface area contributed by atoms with Crippen molar-refractivity contribution in [3.8, 4) is 6.07 Å². The average molecular weight is 286 g/mol. The van der Waals surface area contributed by atoms with Gasteiger partial charge in [-0.25, -0.2) is 0 Å². The van der Waals surface area contributed by atoms with Crippen molar-refractivity contribution >= 4 is 23.0 Å². The molecule has 0 aliphatic carbocycles. The summed E-state index contributed by atoms with van der Waals surface area (Å²) in [6.45, 7) is 2.10. The molecule has 0 saturated heterocycles. The molecular weight excluding hydrogens is 270 g/mol. The van der Waals surface area contributed by atoms with E-state index in [0.29, 0.717) is 11.3 Å². The number of rotatable bonds is 3. The second-order valence-corrected chi connectivity index (χ2v) is 5.16. The minimum atomic E-state index is 0.155. The molecule has 0 bridgehead atoms. The predicted molar refractivity (Wildman–Crippen MR) is 83.8 cm³/mol. The van der Waals surface area contributed by atoms with Crippen LogP contribution in [0.5, 0.6) is 0 Å². The second-order valence-electron chi connectivity index (χ2n) is 4.72. The van der Waals surface area contributed by atoms with Gasteiger partial charge in [-0.1, -0.05) is 23.7 Å². The standard InChI is InChI=1S/C16H16ClN3/c1-11(13-4-6-14(17)7-5-13)20(2)16-8-3-12(10-18)9-15(16)19/h3-9,11H,19H2,1-2H3. The molecule has 2 aromatic carbocycles. The Morgan fingerprint density at radius 3 is 2.40 bits per heavy atom. The lowest BCUT2D eigenvalue weighted by Crippen LogP contribution is -2.22. The molecule has 0 saturated carbocycles. The molecule has 0 amide bonds. The van der Waals surface area contributed by atoms with E-state index in [-0.39, 0.29) is 6.04 Å². The van der Waals surface area contributed by atoms with Gasteiger partial charge < -0.3 is 10.6 Å². The molecule has 102 valence electrons. The molecule has 0 aliphatic heterocycles. The van der Waals surface area contributed by atoms with Crippen LogP contribution in [0.2, 0.25) is 5.02 Å². The summed E-state index contributed by atoms with van der Waals surface area (Å²) in [6, 6.07) is 15.4. The van der Waals surface area contributed by atoms with Crippen LogP contribution in [0.25, 0.3) is 0 Å². The van der Waals surface area contributed by atoms with E-state index < -0.39 is 0 Å². The monoisotopic (exact) mass is 285 g/mol. The lowest BCUT2D eigenvalue weighted by Gasteiger charge is -2.28. The first-order valence-corrected chi connectivity index (χ1v) is 6.68. The van der Waals surface area contributed by atoms with Crippen molar-refractivity contribution in [1.82, 2.24) is 0 Å². The number of nitriles is 1. The SMILES string of the molecule is CC(c1ccc(Cl)cc1)N(C)c1ccc(C#N)cc1N. The van der Waals surface area contributed by atoms with Crippen LogP contribution in [-0.4, -0.2) is 7.05 Å². The fraction of sp³-hybridized carbons (Fsp3) is 0.188. The lowest BCUT2D eigenvalue weighted by atomic mass is 10.1. The van der Waals surface area contributed by atoms with Gasteiger partial charge in [-0.3, -0.25) is 0 Å². The third kappa shape index (κ3) is 2.87. The smallest absolute Gasteiger partial charge is 0.0992 e. The molecule has 3 nitrogen and oxygen atoms in total. The fourth-order valence-corrected chi connectivity index (χ4v) is 2.24. The Morgan fingerprint density at radius 1 is 1.20 bits per heavy atom. The van der Waals surface area contributed by atoms with Crippen molar-refractivity contribution in [3.63, 3.8) is 0 Å². The first-order valence-electron chi connectivity index (χ1n) is 6.31. The van der Waals surface area contributed by atoms with Crippen LogP contribution in [0.1, 0.15) is 24.1 Å². The van der Waals surface area contributed by atoms with Gasteiger partial charge in [0.2, 0.25) is 0 Å². The first kappa shape index (κ1) is 14.2. The summed E-state index contributed by atoms with van der Waals surface area (Å²) in [7, 11) is 1.98. The molecule has 2 aromatic rings. The zero-order chi connectivity index (χ0) is 14.7. The van der Waals surface area contributed by atoms with Gasteiger partial charge in [0.1, 0.15) is 0 Å². The second kappa shape index (κ2) is 5.85. The number of hydrogen-bond acceptors (Lipinski definition) is 3. The highest BCUT2D eigenvalue weighted by molar-refractivity contribution is 6.30. The van der Waals surface area contributed by atoms with Crippen molar-refractivity contribution in [2.24, 2.45) is 0 Å². The number of hydrogen-bond donors (Lipinski definition) is 1. The summed E-state index contributed by atoms with van der Waals surface area (Å²) >= 11 is 5.91. The highest BCUT2D eigenvalue weighted by atomic mass is 35.5. The van der Waals surface area contributed by atoms with Crippen molar-refractivity contribution in [2.75, 3.05) is 17.7 Å². The molecule has 0 heterocycles. The Hall–Kier alpha value is -2.18. The Kier molecular flexibility index (Phi) is 4.16. The molecule has 0 aromatic heterocycles. The quantitative estimate of drug-likeness (QED) is 0.868. The van der Waals surface area contributed by atoms with E-state index in [1.165, 1.54) is 0 Å². The zero-order valence-corrected chi connectivity index (χ0v) is 12.2. The van der Waals surface area contributed by atoms with Crippen LogP contribution >= 0.6 is 11.6 Å². The van der Waals surface area contributed by atoms with Crippen molar-refractivity contribution in [1.29, 1.82) is 5.26 Å². The summed E-state index contributed by atoms with van der Waals surface area (Å²) in [5.74, 6) is 0. The molecule has 0 spiro atoms. The molecule has 1 atom stereocenters. The molecule has 4 heteroatoms. The van der Waals surface area contributed by atoms with Crippen molar-refractivity contribution in [3.05, 3.63) is 58.6 Å². The normalized spacial score (nSPS) is 11.7. The van der Waals surface area contributed by atoms with Gasteiger partial charge in [0, 0.05) is 12.1 Å². The summed E-state index contributed by atoms with van der Waals surface area (Å²) in [5.41, 5.74) is 9.26.